The van der Waals surface area contributed by atoms with Crippen molar-refractivity contribution in [2.24, 2.45) is 0 Å². The number of aromatic nitrogens is 2. The average Bonchev–Trinajstić information content (AvgIpc) is 2.05. The first-order valence-electron chi connectivity index (χ1n) is 2.91. The summed E-state index contributed by atoms with van der Waals surface area (Å²) in [5, 5.41) is 24.6. The molecule has 0 saturated carbocycles. The Morgan fingerprint density at radius 1 is 1.60 bits per heavy atom. The van der Waals surface area contributed by atoms with Gasteiger partial charge in [0.05, 0.1) is 12.3 Å². The second-order valence-electron chi connectivity index (χ2n) is 1.85. The molecule has 1 aromatic rings. The Morgan fingerprint density at radius 2 is 2.40 bits per heavy atom. The third-order valence-corrected chi connectivity index (χ3v) is 1.11. The van der Waals surface area contributed by atoms with Gasteiger partial charge < -0.3 is 10.2 Å². The van der Waals surface area contributed by atoms with Crippen molar-refractivity contribution in [3.8, 4) is 0 Å². The molecule has 54 valence electrons. The van der Waals surface area contributed by atoms with E-state index in [1.807, 2.05) is 0 Å². The Morgan fingerprint density at radius 3 is 2.90 bits per heavy atom. The van der Waals surface area contributed by atoms with Crippen LogP contribution in [-0.4, -0.2) is 27.0 Å². The van der Waals surface area contributed by atoms with E-state index >= 15 is 0 Å². The zero-order chi connectivity index (χ0) is 7.40. The van der Waals surface area contributed by atoms with Gasteiger partial charge >= 0.3 is 0 Å². The maximum Gasteiger partial charge on any atom is 0.121 e. The molecule has 0 bridgehead atoms. The summed E-state index contributed by atoms with van der Waals surface area (Å²) < 4.78 is 0. The Kier molecular flexibility index (Phi) is 2.30. The van der Waals surface area contributed by atoms with Crippen LogP contribution >= 0.6 is 0 Å². The molecule has 0 spiro atoms. The lowest BCUT2D eigenvalue weighted by Crippen LogP contribution is -2.05. The molecule has 4 nitrogen and oxygen atoms in total. The minimum atomic E-state index is -0.909. The first-order valence-corrected chi connectivity index (χ1v) is 2.91. The second-order valence-corrected chi connectivity index (χ2v) is 1.85. The Labute approximate surface area is 58.2 Å². The summed E-state index contributed by atoms with van der Waals surface area (Å²) in [6, 6.07) is 3.26. The van der Waals surface area contributed by atoms with Crippen LogP contribution in [0.5, 0.6) is 0 Å². The average molecular weight is 140 g/mol. The highest BCUT2D eigenvalue weighted by atomic mass is 16.3. The van der Waals surface area contributed by atoms with Crippen molar-refractivity contribution in [3.05, 3.63) is 24.0 Å². The molecule has 0 aliphatic carbocycles. The van der Waals surface area contributed by atoms with Crippen LogP contribution in [0, 0.1) is 0 Å². The molecule has 4 heteroatoms. The zero-order valence-corrected chi connectivity index (χ0v) is 5.31. The van der Waals surface area contributed by atoms with E-state index in [9.17, 15) is 0 Å². The smallest absolute Gasteiger partial charge is 0.121 e. The molecule has 1 aromatic heterocycles. The van der Waals surface area contributed by atoms with E-state index in [1.165, 1.54) is 6.20 Å². The molecule has 0 unspecified atom stereocenters. The van der Waals surface area contributed by atoms with Gasteiger partial charge in [-0.25, -0.2) is 0 Å². The van der Waals surface area contributed by atoms with Crippen molar-refractivity contribution in [2.75, 3.05) is 6.61 Å². The fourth-order valence-electron chi connectivity index (χ4n) is 0.585. The van der Waals surface area contributed by atoms with E-state index in [0.29, 0.717) is 5.69 Å². The lowest BCUT2D eigenvalue weighted by Gasteiger charge is -2.02. The summed E-state index contributed by atoms with van der Waals surface area (Å²) in [4.78, 5) is 0. The molecule has 0 aliphatic rings. The molecule has 0 aromatic carbocycles. The van der Waals surface area contributed by atoms with Crippen LogP contribution < -0.4 is 0 Å². The summed E-state index contributed by atoms with van der Waals surface area (Å²) in [6.07, 6.45) is 0.599. The van der Waals surface area contributed by atoms with Crippen molar-refractivity contribution in [1.29, 1.82) is 0 Å². The van der Waals surface area contributed by atoms with E-state index in [4.69, 9.17) is 10.2 Å². The van der Waals surface area contributed by atoms with Gasteiger partial charge in [-0.3, -0.25) is 0 Å². The molecule has 2 N–H and O–H groups in total. The fraction of sp³-hybridized carbons (Fsp3) is 0.333. The molecular weight excluding hydrogens is 132 g/mol. The SMILES string of the molecule is OC[C@@H](O)c1cccnn1. The maximum atomic E-state index is 8.98. The van der Waals surface area contributed by atoms with Gasteiger partial charge in [0.1, 0.15) is 6.10 Å². The van der Waals surface area contributed by atoms with E-state index < -0.39 is 6.10 Å². The largest absolute Gasteiger partial charge is 0.393 e. The predicted molar refractivity (Wildman–Crippen MR) is 34.1 cm³/mol. The minimum Gasteiger partial charge on any atom is -0.393 e. The lowest BCUT2D eigenvalue weighted by molar-refractivity contribution is 0.0915. The second kappa shape index (κ2) is 3.24. The monoisotopic (exact) mass is 140 g/mol. The van der Waals surface area contributed by atoms with Crippen molar-refractivity contribution in [1.82, 2.24) is 10.2 Å². The molecule has 0 amide bonds. The number of aliphatic hydroxyl groups is 2. The van der Waals surface area contributed by atoms with Gasteiger partial charge in [-0.15, -0.1) is 0 Å². The highest BCUT2D eigenvalue weighted by Crippen LogP contribution is 2.04. The van der Waals surface area contributed by atoms with Gasteiger partial charge in [0.2, 0.25) is 0 Å². The van der Waals surface area contributed by atoms with Crippen molar-refractivity contribution < 1.29 is 10.2 Å². The molecule has 1 rings (SSSR count). The lowest BCUT2D eigenvalue weighted by atomic mass is 10.2. The van der Waals surface area contributed by atoms with Gasteiger partial charge in [0.15, 0.2) is 0 Å². The molecule has 0 saturated heterocycles. The summed E-state index contributed by atoms with van der Waals surface area (Å²) in [6.45, 7) is -0.321. The van der Waals surface area contributed by atoms with E-state index in [-0.39, 0.29) is 6.61 Å². The van der Waals surface area contributed by atoms with Gasteiger partial charge in [-0.05, 0) is 12.1 Å². The summed E-state index contributed by atoms with van der Waals surface area (Å²) >= 11 is 0. The molecular formula is C6H8N2O2. The number of hydrogen-bond acceptors (Lipinski definition) is 4. The molecule has 1 heterocycles. The first kappa shape index (κ1) is 7.11. The number of aliphatic hydroxyl groups excluding tert-OH is 2. The number of hydrogen-bond donors (Lipinski definition) is 2. The number of nitrogens with zero attached hydrogens (tertiary/aromatic N) is 2. The van der Waals surface area contributed by atoms with Gasteiger partial charge in [-0.2, -0.15) is 10.2 Å². The van der Waals surface area contributed by atoms with E-state index in [0.717, 1.165) is 0 Å². The zero-order valence-electron chi connectivity index (χ0n) is 5.31. The predicted octanol–water partition coefficient (Wildman–Crippen LogP) is -0.498. The van der Waals surface area contributed by atoms with E-state index in [1.54, 1.807) is 12.1 Å². The van der Waals surface area contributed by atoms with Crippen molar-refractivity contribution in [2.45, 2.75) is 6.10 Å². The Balaban J connectivity index is 2.75. The molecule has 10 heavy (non-hydrogen) atoms. The van der Waals surface area contributed by atoms with Crippen LogP contribution in [0.1, 0.15) is 11.8 Å². The normalized spacial score (nSPS) is 13.0. The van der Waals surface area contributed by atoms with Gasteiger partial charge in [-0.1, -0.05) is 0 Å². The highest BCUT2D eigenvalue weighted by Gasteiger charge is 2.05. The van der Waals surface area contributed by atoms with Crippen molar-refractivity contribution in [3.63, 3.8) is 0 Å². The number of rotatable bonds is 2. The maximum absolute atomic E-state index is 8.98. The van der Waals surface area contributed by atoms with Crippen LogP contribution in [0.15, 0.2) is 18.3 Å². The molecule has 0 fully saturated rings. The quantitative estimate of drug-likeness (QED) is 0.581. The van der Waals surface area contributed by atoms with Gasteiger partial charge in [0, 0.05) is 6.20 Å². The first-order chi connectivity index (χ1) is 4.84. The highest BCUT2D eigenvalue weighted by molar-refractivity contribution is 5.02. The molecule has 0 radical (unpaired) electrons. The summed E-state index contributed by atoms with van der Waals surface area (Å²) in [5.74, 6) is 0. The molecule has 1 atom stereocenters. The van der Waals surface area contributed by atoms with Crippen LogP contribution in [-0.2, 0) is 0 Å². The Hall–Kier alpha value is -1.00. The van der Waals surface area contributed by atoms with Crippen LogP contribution in [0.25, 0.3) is 0 Å². The Bertz CT molecular complexity index is 190. The minimum absolute atomic E-state index is 0.321. The standard InChI is InChI=1S/C6H8N2O2/c9-4-6(10)5-2-1-3-7-8-5/h1-3,6,9-10H,4H2/t6-/m1/s1. The third kappa shape index (κ3) is 1.49. The van der Waals surface area contributed by atoms with Crippen LogP contribution in [0.2, 0.25) is 0 Å². The summed E-state index contributed by atoms with van der Waals surface area (Å²) in [7, 11) is 0. The fourth-order valence-corrected chi connectivity index (χ4v) is 0.585. The van der Waals surface area contributed by atoms with E-state index in [2.05, 4.69) is 10.2 Å². The molecule has 0 aliphatic heterocycles. The van der Waals surface area contributed by atoms with Gasteiger partial charge in [0.25, 0.3) is 0 Å². The van der Waals surface area contributed by atoms with Crippen LogP contribution in [0.3, 0.4) is 0 Å². The van der Waals surface area contributed by atoms with Crippen molar-refractivity contribution >= 4 is 0 Å². The third-order valence-electron chi connectivity index (χ3n) is 1.11. The topological polar surface area (TPSA) is 66.2 Å². The summed E-state index contributed by atoms with van der Waals surface area (Å²) in [5.41, 5.74) is 0.394. The van der Waals surface area contributed by atoms with Crippen LogP contribution in [0.4, 0.5) is 0 Å².